The third-order valence-electron chi connectivity index (χ3n) is 2.51. The van der Waals surface area contributed by atoms with Gasteiger partial charge in [-0.1, -0.05) is 23.2 Å². The number of aromatic nitrogens is 3. The third-order valence-corrected chi connectivity index (χ3v) is 3.35. The van der Waals surface area contributed by atoms with Crippen molar-refractivity contribution >= 4 is 35.4 Å². The maximum Gasteiger partial charge on any atom is 0.195 e. The van der Waals surface area contributed by atoms with Crippen molar-refractivity contribution in [2.24, 2.45) is 0 Å². The number of hydrogen-bond donors (Lipinski definition) is 1. The smallest absolute Gasteiger partial charge is 0.195 e. The van der Waals surface area contributed by atoms with E-state index in [1.165, 1.54) is 0 Å². The van der Waals surface area contributed by atoms with Gasteiger partial charge >= 0.3 is 0 Å². The minimum absolute atomic E-state index is 0.189. The van der Waals surface area contributed by atoms with Gasteiger partial charge < -0.3 is 0 Å². The second-order valence-corrected chi connectivity index (χ2v) is 6.21. The van der Waals surface area contributed by atoms with Gasteiger partial charge in [0.2, 0.25) is 0 Å². The second kappa shape index (κ2) is 4.68. The number of hydrogen-bond acceptors (Lipinski definition) is 2. The molecular weight excluding hydrogens is 289 g/mol. The Morgan fingerprint density at radius 1 is 1.28 bits per heavy atom. The Morgan fingerprint density at radius 2 is 1.94 bits per heavy atom. The monoisotopic (exact) mass is 301 g/mol. The Morgan fingerprint density at radius 3 is 2.56 bits per heavy atom. The summed E-state index contributed by atoms with van der Waals surface area (Å²) in [6.07, 6.45) is 0. The molecule has 0 saturated carbocycles. The molecule has 0 aliphatic rings. The van der Waals surface area contributed by atoms with Crippen molar-refractivity contribution < 1.29 is 0 Å². The van der Waals surface area contributed by atoms with Crippen LogP contribution in [0, 0.1) is 4.77 Å². The Kier molecular flexibility index (Phi) is 3.54. The van der Waals surface area contributed by atoms with Crippen molar-refractivity contribution in [3.05, 3.63) is 33.0 Å². The third kappa shape index (κ3) is 2.46. The Hall–Kier alpha value is -0.840. The van der Waals surface area contributed by atoms with Crippen LogP contribution in [-0.2, 0) is 5.54 Å². The van der Waals surface area contributed by atoms with E-state index in [0.717, 1.165) is 5.56 Å². The van der Waals surface area contributed by atoms with Gasteiger partial charge in [-0.3, -0.25) is 9.67 Å². The van der Waals surface area contributed by atoms with Gasteiger partial charge in [-0.25, -0.2) is 0 Å². The number of H-pyrrole nitrogens is 1. The van der Waals surface area contributed by atoms with E-state index in [-0.39, 0.29) is 5.54 Å². The zero-order chi connectivity index (χ0) is 13.5. The van der Waals surface area contributed by atoms with Crippen LogP contribution in [0.3, 0.4) is 0 Å². The van der Waals surface area contributed by atoms with Gasteiger partial charge in [0.05, 0.1) is 5.02 Å². The molecule has 0 aliphatic heterocycles. The van der Waals surface area contributed by atoms with Crippen molar-refractivity contribution in [3.8, 4) is 11.4 Å². The van der Waals surface area contributed by atoms with E-state index in [0.29, 0.717) is 20.6 Å². The molecule has 0 bridgehead atoms. The van der Waals surface area contributed by atoms with Crippen LogP contribution in [0.5, 0.6) is 0 Å². The van der Waals surface area contributed by atoms with Gasteiger partial charge in [0.15, 0.2) is 10.6 Å². The molecule has 1 aromatic carbocycles. The fourth-order valence-corrected chi connectivity index (χ4v) is 2.55. The number of nitrogens with zero attached hydrogens (tertiary/aromatic N) is 2. The molecule has 2 rings (SSSR count). The van der Waals surface area contributed by atoms with Crippen LogP contribution in [-0.4, -0.2) is 14.8 Å². The van der Waals surface area contributed by atoms with Crippen LogP contribution in [0.1, 0.15) is 20.8 Å². The SMILES string of the molecule is CC(C)(C)n1c(-c2cc(Cl)ccc2Cl)n[nH]c1=S. The first-order valence-electron chi connectivity index (χ1n) is 5.44. The minimum Gasteiger partial charge on any atom is -0.295 e. The average molecular weight is 302 g/mol. The van der Waals surface area contributed by atoms with Crippen LogP contribution in [0.25, 0.3) is 11.4 Å². The lowest BCUT2D eigenvalue weighted by Crippen LogP contribution is -2.23. The summed E-state index contributed by atoms with van der Waals surface area (Å²) in [6.45, 7) is 6.17. The summed E-state index contributed by atoms with van der Waals surface area (Å²) >= 11 is 17.5. The van der Waals surface area contributed by atoms with Crippen molar-refractivity contribution in [3.63, 3.8) is 0 Å². The molecular formula is C12H13Cl2N3S. The highest BCUT2D eigenvalue weighted by Gasteiger charge is 2.21. The molecule has 0 spiro atoms. The number of halogens is 2. The second-order valence-electron chi connectivity index (χ2n) is 4.98. The summed E-state index contributed by atoms with van der Waals surface area (Å²) in [6, 6.07) is 5.29. The fourth-order valence-electron chi connectivity index (χ4n) is 1.77. The zero-order valence-electron chi connectivity index (χ0n) is 10.3. The van der Waals surface area contributed by atoms with E-state index in [1.54, 1.807) is 18.2 Å². The Bertz CT molecular complexity index is 638. The fraction of sp³-hybridized carbons (Fsp3) is 0.333. The first kappa shape index (κ1) is 13.6. The Balaban J connectivity index is 2.73. The first-order valence-corrected chi connectivity index (χ1v) is 6.60. The summed E-state index contributed by atoms with van der Waals surface area (Å²) in [5, 5.41) is 8.27. The molecule has 0 fully saturated rings. The molecule has 0 atom stereocenters. The minimum atomic E-state index is -0.189. The van der Waals surface area contributed by atoms with Crippen LogP contribution < -0.4 is 0 Å². The summed E-state index contributed by atoms with van der Waals surface area (Å²) in [5.74, 6) is 0.694. The molecule has 2 aromatic rings. The van der Waals surface area contributed by atoms with Crippen molar-refractivity contribution in [2.75, 3.05) is 0 Å². The van der Waals surface area contributed by atoms with Gasteiger partial charge in [-0.15, -0.1) is 0 Å². The Labute approximate surface area is 121 Å². The first-order chi connectivity index (χ1) is 8.30. The topological polar surface area (TPSA) is 33.6 Å². The molecule has 6 heteroatoms. The summed E-state index contributed by atoms with van der Waals surface area (Å²) < 4.78 is 2.49. The van der Waals surface area contributed by atoms with E-state index < -0.39 is 0 Å². The van der Waals surface area contributed by atoms with E-state index in [2.05, 4.69) is 31.0 Å². The van der Waals surface area contributed by atoms with Gasteiger partial charge in [-0.05, 0) is 51.2 Å². The summed E-state index contributed by atoms with van der Waals surface area (Å²) in [7, 11) is 0. The number of nitrogens with one attached hydrogen (secondary N) is 1. The molecule has 0 saturated heterocycles. The van der Waals surface area contributed by atoms with Crippen LogP contribution in [0.2, 0.25) is 10.0 Å². The van der Waals surface area contributed by atoms with Gasteiger partial charge in [0.1, 0.15) is 0 Å². The molecule has 0 aliphatic carbocycles. The average Bonchev–Trinajstić information content (AvgIpc) is 2.63. The molecule has 1 heterocycles. The number of rotatable bonds is 1. The largest absolute Gasteiger partial charge is 0.295 e. The van der Waals surface area contributed by atoms with Crippen molar-refractivity contribution in [1.29, 1.82) is 0 Å². The van der Waals surface area contributed by atoms with Crippen LogP contribution in [0.15, 0.2) is 18.2 Å². The lowest BCUT2D eigenvalue weighted by Gasteiger charge is -2.22. The van der Waals surface area contributed by atoms with Gasteiger partial charge in [0, 0.05) is 16.1 Å². The predicted octanol–water partition coefficient (Wildman–Crippen LogP) is 4.67. The molecule has 1 N–H and O–H groups in total. The normalized spacial score (nSPS) is 11.8. The maximum atomic E-state index is 6.20. The summed E-state index contributed by atoms with van der Waals surface area (Å²) in [5.41, 5.74) is 0.580. The molecule has 0 amide bonds. The summed E-state index contributed by atoms with van der Waals surface area (Å²) in [4.78, 5) is 0. The van der Waals surface area contributed by atoms with E-state index in [9.17, 15) is 0 Å². The van der Waals surface area contributed by atoms with Gasteiger partial charge in [-0.2, -0.15) is 5.10 Å². The highest BCUT2D eigenvalue weighted by Crippen LogP contribution is 2.32. The highest BCUT2D eigenvalue weighted by atomic mass is 35.5. The molecule has 0 radical (unpaired) electrons. The van der Waals surface area contributed by atoms with E-state index in [1.807, 2.05) is 4.57 Å². The molecule has 1 aromatic heterocycles. The number of aromatic amines is 1. The van der Waals surface area contributed by atoms with Crippen LogP contribution >= 0.6 is 35.4 Å². The lowest BCUT2D eigenvalue weighted by molar-refractivity contribution is 0.395. The van der Waals surface area contributed by atoms with Gasteiger partial charge in [0.25, 0.3) is 0 Å². The lowest BCUT2D eigenvalue weighted by atomic mass is 10.1. The molecule has 96 valence electrons. The van der Waals surface area contributed by atoms with Crippen molar-refractivity contribution in [2.45, 2.75) is 26.3 Å². The number of benzene rings is 1. The quantitative estimate of drug-likeness (QED) is 0.777. The molecule has 0 unspecified atom stereocenters. The highest BCUT2D eigenvalue weighted by molar-refractivity contribution is 7.71. The zero-order valence-corrected chi connectivity index (χ0v) is 12.6. The standard InChI is InChI=1S/C12H13Cl2N3S/c1-12(2,3)17-10(15-16-11(17)18)8-6-7(13)4-5-9(8)14/h4-6H,1-3H3,(H,16,18). The van der Waals surface area contributed by atoms with E-state index in [4.69, 9.17) is 35.4 Å². The van der Waals surface area contributed by atoms with Crippen LogP contribution in [0.4, 0.5) is 0 Å². The predicted molar refractivity (Wildman–Crippen MR) is 77.9 cm³/mol. The van der Waals surface area contributed by atoms with E-state index >= 15 is 0 Å². The maximum absolute atomic E-state index is 6.20. The van der Waals surface area contributed by atoms with Crippen molar-refractivity contribution in [1.82, 2.24) is 14.8 Å². The molecule has 18 heavy (non-hydrogen) atoms. The molecule has 3 nitrogen and oxygen atoms in total.